The lowest BCUT2D eigenvalue weighted by Crippen LogP contribution is -2.34. The summed E-state index contributed by atoms with van der Waals surface area (Å²) < 4.78 is 34.2. The number of aromatic amines is 1. The molecular formula is C23H25F2N3O2. The molecule has 0 spiro atoms. The minimum absolute atomic E-state index is 0.0413. The zero-order valence-corrected chi connectivity index (χ0v) is 16.9. The molecule has 0 aliphatic carbocycles. The lowest BCUT2D eigenvalue weighted by Gasteiger charge is -2.33. The summed E-state index contributed by atoms with van der Waals surface area (Å²) in [4.78, 5) is 2.24. The van der Waals surface area contributed by atoms with Crippen LogP contribution in [0.4, 0.5) is 8.78 Å². The molecule has 1 atom stereocenters. The van der Waals surface area contributed by atoms with Gasteiger partial charge in [0.2, 0.25) is 0 Å². The van der Waals surface area contributed by atoms with Crippen LogP contribution in [0.5, 0.6) is 11.5 Å². The van der Waals surface area contributed by atoms with Gasteiger partial charge in [-0.05, 0) is 44.5 Å². The van der Waals surface area contributed by atoms with E-state index in [1.165, 1.54) is 24.4 Å². The van der Waals surface area contributed by atoms with Crippen LogP contribution >= 0.6 is 0 Å². The van der Waals surface area contributed by atoms with Gasteiger partial charge < -0.3 is 9.84 Å². The number of phenols is 1. The van der Waals surface area contributed by atoms with E-state index in [9.17, 15) is 13.9 Å². The number of nitrogens with zero attached hydrogens (tertiary/aromatic N) is 2. The van der Waals surface area contributed by atoms with Gasteiger partial charge in [0.25, 0.3) is 0 Å². The number of hydrogen-bond acceptors (Lipinski definition) is 4. The molecule has 2 heterocycles. The highest BCUT2D eigenvalue weighted by atomic mass is 19.1. The Labute approximate surface area is 174 Å². The molecule has 30 heavy (non-hydrogen) atoms. The van der Waals surface area contributed by atoms with Crippen LogP contribution in [-0.2, 0) is 6.54 Å². The summed E-state index contributed by atoms with van der Waals surface area (Å²) in [5.74, 6) is -0.481. The third kappa shape index (κ3) is 4.03. The molecule has 1 fully saturated rings. The molecule has 4 rings (SSSR count). The monoisotopic (exact) mass is 413 g/mol. The van der Waals surface area contributed by atoms with E-state index in [1.54, 1.807) is 6.07 Å². The Morgan fingerprint density at radius 1 is 1.20 bits per heavy atom. The van der Waals surface area contributed by atoms with E-state index in [0.717, 1.165) is 30.6 Å². The van der Waals surface area contributed by atoms with E-state index < -0.39 is 11.6 Å². The predicted molar refractivity (Wildman–Crippen MR) is 110 cm³/mol. The van der Waals surface area contributed by atoms with Gasteiger partial charge in [0, 0.05) is 35.8 Å². The average Bonchev–Trinajstić information content (AvgIpc) is 3.21. The lowest BCUT2D eigenvalue weighted by atomic mass is 9.90. The number of H-pyrrole nitrogens is 1. The molecule has 2 aromatic carbocycles. The summed E-state index contributed by atoms with van der Waals surface area (Å²) >= 11 is 0. The molecule has 0 radical (unpaired) electrons. The second kappa shape index (κ2) is 8.83. The standard InChI is InChI=1S/C23H25F2N3O2/c1-2-30-20-10-3-6-16(23(20)29)14-28-11-5-7-15(13-28)22-17(12-26-27-22)21-18(24)8-4-9-19(21)25/h3-4,6,8-10,12,15,29H,2,5,7,11,13-14H2,1H3,(H,26,27)/t15-/m0/s1. The van der Waals surface area contributed by atoms with Crippen LogP contribution in [0.1, 0.15) is 36.9 Å². The van der Waals surface area contributed by atoms with Gasteiger partial charge in [0.15, 0.2) is 11.5 Å². The summed E-state index contributed by atoms with van der Waals surface area (Å²) in [6, 6.07) is 9.39. The minimum Gasteiger partial charge on any atom is -0.504 e. The van der Waals surface area contributed by atoms with Crippen LogP contribution in [0.2, 0.25) is 0 Å². The zero-order chi connectivity index (χ0) is 21.1. The summed E-state index contributed by atoms with van der Waals surface area (Å²) in [6.45, 7) is 4.51. The number of ether oxygens (including phenoxy) is 1. The van der Waals surface area contributed by atoms with Crippen molar-refractivity contribution in [2.45, 2.75) is 32.2 Å². The summed E-state index contributed by atoms with van der Waals surface area (Å²) in [5, 5.41) is 17.6. The van der Waals surface area contributed by atoms with Crippen molar-refractivity contribution in [1.29, 1.82) is 0 Å². The molecule has 0 saturated carbocycles. The number of hydrogen-bond donors (Lipinski definition) is 2. The fourth-order valence-corrected chi connectivity index (χ4v) is 4.20. The highest BCUT2D eigenvalue weighted by Gasteiger charge is 2.27. The first-order valence-electron chi connectivity index (χ1n) is 10.2. The molecule has 3 aromatic rings. The third-order valence-electron chi connectivity index (χ3n) is 5.59. The molecular weight excluding hydrogens is 388 g/mol. The molecule has 5 nitrogen and oxygen atoms in total. The Kier molecular flexibility index (Phi) is 5.99. The van der Waals surface area contributed by atoms with E-state index in [4.69, 9.17) is 4.74 Å². The molecule has 158 valence electrons. The molecule has 0 amide bonds. The van der Waals surface area contributed by atoms with Gasteiger partial charge in [-0.15, -0.1) is 0 Å². The van der Waals surface area contributed by atoms with Crippen molar-refractivity contribution < 1.29 is 18.6 Å². The number of rotatable bonds is 6. The first-order chi connectivity index (χ1) is 14.6. The lowest BCUT2D eigenvalue weighted by molar-refractivity contribution is 0.196. The maximum absolute atomic E-state index is 14.3. The topological polar surface area (TPSA) is 61.4 Å². The highest BCUT2D eigenvalue weighted by Crippen LogP contribution is 2.37. The van der Waals surface area contributed by atoms with Gasteiger partial charge in [0.1, 0.15) is 11.6 Å². The van der Waals surface area contributed by atoms with Crippen molar-refractivity contribution in [2.75, 3.05) is 19.7 Å². The summed E-state index contributed by atoms with van der Waals surface area (Å²) in [6.07, 6.45) is 3.33. The van der Waals surface area contributed by atoms with Gasteiger partial charge in [-0.25, -0.2) is 8.78 Å². The van der Waals surface area contributed by atoms with E-state index in [0.29, 0.717) is 31.0 Å². The van der Waals surface area contributed by atoms with E-state index in [2.05, 4.69) is 15.1 Å². The number of nitrogens with one attached hydrogen (secondary N) is 1. The van der Waals surface area contributed by atoms with Crippen molar-refractivity contribution >= 4 is 0 Å². The second-order valence-corrected chi connectivity index (χ2v) is 7.57. The average molecular weight is 413 g/mol. The minimum atomic E-state index is -0.594. The number of aromatic hydroxyl groups is 1. The van der Waals surface area contributed by atoms with Gasteiger partial charge in [-0.3, -0.25) is 10.00 Å². The molecule has 0 bridgehead atoms. The van der Waals surface area contributed by atoms with Crippen molar-refractivity contribution in [3.05, 3.63) is 65.5 Å². The number of piperidine rings is 1. The quantitative estimate of drug-likeness (QED) is 0.607. The Bertz CT molecular complexity index is 1000. The van der Waals surface area contributed by atoms with Crippen molar-refractivity contribution in [3.63, 3.8) is 0 Å². The normalized spacial score (nSPS) is 17.2. The Balaban J connectivity index is 1.55. The number of para-hydroxylation sites is 1. The second-order valence-electron chi connectivity index (χ2n) is 7.57. The first kappa shape index (κ1) is 20.3. The highest BCUT2D eigenvalue weighted by molar-refractivity contribution is 5.67. The Morgan fingerprint density at radius 3 is 2.73 bits per heavy atom. The summed E-state index contributed by atoms with van der Waals surface area (Å²) in [7, 11) is 0. The van der Waals surface area contributed by atoms with Crippen molar-refractivity contribution in [1.82, 2.24) is 15.1 Å². The molecule has 1 aliphatic heterocycles. The number of phenolic OH excluding ortho intramolecular Hbond substituents is 1. The van der Waals surface area contributed by atoms with Gasteiger partial charge in [0.05, 0.1) is 18.4 Å². The van der Waals surface area contributed by atoms with Crippen LogP contribution in [-0.4, -0.2) is 39.9 Å². The molecule has 1 aliphatic rings. The first-order valence-corrected chi connectivity index (χ1v) is 10.2. The fourth-order valence-electron chi connectivity index (χ4n) is 4.20. The largest absolute Gasteiger partial charge is 0.504 e. The number of aromatic nitrogens is 2. The van der Waals surface area contributed by atoms with Crippen LogP contribution in [0.25, 0.3) is 11.1 Å². The SMILES string of the molecule is CCOc1cccc(CN2CCC[C@H](c3[nH]ncc3-c3c(F)cccc3F)C2)c1O. The zero-order valence-electron chi connectivity index (χ0n) is 16.9. The van der Waals surface area contributed by atoms with Gasteiger partial charge in [-0.1, -0.05) is 18.2 Å². The Hall–Kier alpha value is -2.93. The van der Waals surface area contributed by atoms with Crippen LogP contribution < -0.4 is 4.74 Å². The number of halogens is 2. The van der Waals surface area contributed by atoms with E-state index in [1.807, 2.05) is 19.1 Å². The smallest absolute Gasteiger partial charge is 0.162 e. The maximum Gasteiger partial charge on any atom is 0.162 e. The summed E-state index contributed by atoms with van der Waals surface area (Å²) in [5.41, 5.74) is 1.97. The molecule has 2 N–H and O–H groups in total. The maximum atomic E-state index is 14.3. The molecule has 0 unspecified atom stereocenters. The van der Waals surface area contributed by atoms with E-state index in [-0.39, 0.29) is 17.2 Å². The number of likely N-dealkylation sites (tertiary alicyclic amines) is 1. The fraction of sp³-hybridized carbons (Fsp3) is 0.348. The van der Waals surface area contributed by atoms with Gasteiger partial charge >= 0.3 is 0 Å². The molecule has 1 aromatic heterocycles. The van der Waals surface area contributed by atoms with Crippen LogP contribution in [0.15, 0.2) is 42.6 Å². The van der Waals surface area contributed by atoms with Crippen molar-refractivity contribution in [2.24, 2.45) is 0 Å². The van der Waals surface area contributed by atoms with Crippen molar-refractivity contribution in [3.8, 4) is 22.6 Å². The molecule has 7 heteroatoms. The number of benzene rings is 2. The predicted octanol–water partition coefficient (Wildman–Crippen LogP) is 4.84. The van der Waals surface area contributed by atoms with Crippen LogP contribution in [0.3, 0.4) is 0 Å². The van der Waals surface area contributed by atoms with E-state index >= 15 is 0 Å². The van der Waals surface area contributed by atoms with Gasteiger partial charge in [-0.2, -0.15) is 5.10 Å². The third-order valence-corrected chi connectivity index (χ3v) is 5.59. The Morgan fingerprint density at radius 2 is 1.97 bits per heavy atom. The molecule has 1 saturated heterocycles. The van der Waals surface area contributed by atoms with Crippen LogP contribution in [0, 0.1) is 11.6 Å².